The third-order valence-corrected chi connectivity index (χ3v) is 2.00. The van der Waals surface area contributed by atoms with Gasteiger partial charge in [-0.25, -0.2) is 4.39 Å². The van der Waals surface area contributed by atoms with Gasteiger partial charge < -0.3 is 5.73 Å². The molecule has 2 N–H and O–H groups in total. The van der Waals surface area contributed by atoms with Crippen molar-refractivity contribution in [3.8, 4) is 0 Å². The Morgan fingerprint density at radius 3 is 2.44 bits per heavy atom. The van der Waals surface area contributed by atoms with Crippen LogP contribution in [0.4, 0.5) is 17.6 Å². The number of nitrogens with two attached hydrogens (primary N) is 1. The summed E-state index contributed by atoms with van der Waals surface area (Å²) in [6.45, 7) is 0. The van der Waals surface area contributed by atoms with Gasteiger partial charge in [-0.1, -0.05) is 6.07 Å². The van der Waals surface area contributed by atoms with E-state index in [0.717, 1.165) is 6.07 Å². The lowest BCUT2D eigenvalue weighted by molar-refractivity contribution is -0.140. The summed E-state index contributed by atoms with van der Waals surface area (Å²) in [7, 11) is 0. The Kier molecular flexibility index (Phi) is 3.51. The second-order valence-electron chi connectivity index (χ2n) is 3.28. The SMILES string of the molecule is NC(=O)CCc1ccc(F)c(C(F)(F)F)c1. The van der Waals surface area contributed by atoms with Gasteiger partial charge in [0.25, 0.3) is 0 Å². The Bertz CT molecular complexity index is 400. The lowest BCUT2D eigenvalue weighted by atomic mass is 10.1. The van der Waals surface area contributed by atoms with Crippen LogP contribution in [0.3, 0.4) is 0 Å². The summed E-state index contributed by atoms with van der Waals surface area (Å²) in [5, 5.41) is 0. The average Bonchev–Trinajstić information content (AvgIpc) is 2.14. The van der Waals surface area contributed by atoms with E-state index in [-0.39, 0.29) is 18.4 Å². The quantitative estimate of drug-likeness (QED) is 0.802. The minimum absolute atomic E-state index is 0.0665. The second-order valence-corrected chi connectivity index (χ2v) is 3.28. The molecule has 0 spiro atoms. The molecule has 6 heteroatoms. The standard InChI is InChI=1S/C10H9F4NO/c11-8-3-1-6(2-4-9(15)16)5-7(8)10(12,13)14/h1,3,5H,2,4H2,(H2,15,16). The van der Waals surface area contributed by atoms with Crippen LogP contribution in [0.15, 0.2) is 18.2 Å². The molecule has 1 aromatic rings. The normalized spacial score (nSPS) is 11.5. The maximum Gasteiger partial charge on any atom is 0.419 e. The Morgan fingerprint density at radius 2 is 1.94 bits per heavy atom. The summed E-state index contributed by atoms with van der Waals surface area (Å²) in [4.78, 5) is 10.4. The van der Waals surface area contributed by atoms with Crippen LogP contribution in [0.1, 0.15) is 17.5 Å². The smallest absolute Gasteiger partial charge is 0.370 e. The molecule has 0 radical (unpaired) electrons. The van der Waals surface area contributed by atoms with E-state index in [1.54, 1.807) is 0 Å². The van der Waals surface area contributed by atoms with Crippen LogP contribution in [0.2, 0.25) is 0 Å². The molecule has 0 aliphatic rings. The third kappa shape index (κ3) is 3.22. The molecule has 2 nitrogen and oxygen atoms in total. The summed E-state index contributed by atoms with van der Waals surface area (Å²) in [5.41, 5.74) is 3.76. The van der Waals surface area contributed by atoms with Crippen molar-refractivity contribution in [2.24, 2.45) is 5.73 Å². The molecule has 0 fully saturated rings. The highest BCUT2D eigenvalue weighted by molar-refractivity contribution is 5.74. The molecule has 1 rings (SSSR count). The number of carbonyl (C=O) groups excluding carboxylic acids is 1. The number of aryl methyl sites for hydroxylation is 1. The molecule has 1 amide bonds. The van der Waals surface area contributed by atoms with E-state index in [4.69, 9.17) is 5.73 Å². The zero-order valence-corrected chi connectivity index (χ0v) is 8.14. The van der Waals surface area contributed by atoms with E-state index >= 15 is 0 Å². The van der Waals surface area contributed by atoms with E-state index in [9.17, 15) is 22.4 Å². The topological polar surface area (TPSA) is 43.1 Å². The van der Waals surface area contributed by atoms with Crippen molar-refractivity contribution in [3.63, 3.8) is 0 Å². The number of primary amides is 1. The minimum Gasteiger partial charge on any atom is -0.370 e. The van der Waals surface area contributed by atoms with Gasteiger partial charge >= 0.3 is 6.18 Å². The van der Waals surface area contributed by atoms with Crippen LogP contribution < -0.4 is 5.73 Å². The van der Waals surface area contributed by atoms with Gasteiger partial charge in [0.1, 0.15) is 5.82 Å². The number of amides is 1. The highest BCUT2D eigenvalue weighted by atomic mass is 19.4. The second kappa shape index (κ2) is 4.51. The number of hydrogen-bond acceptors (Lipinski definition) is 1. The molecule has 0 saturated carbocycles. The first-order valence-electron chi connectivity index (χ1n) is 4.44. The van der Waals surface area contributed by atoms with E-state index < -0.39 is 23.5 Å². The first-order valence-corrected chi connectivity index (χ1v) is 4.44. The summed E-state index contributed by atoms with van der Waals surface area (Å²) in [6.07, 6.45) is -4.73. The molecule has 0 saturated heterocycles. The largest absolute Gasteiger partial charge is 0.419 e. The highest BCUT2D eigenvalue weighted by Gasteiger charge is 2.34. The number of hydrogen-bond donors (Lipinski definition) is 1. The van der Waals surface area contributed by atoms with Gasteiger partial charge in [-0.3, -0.25) is 4.79 Å². The predicted octanol–water partition coefficient (Wildman–Crippen LogP) is 2.26. The Balaban J connectivity index is 2.94. The summed E-state index contributed by atoms with van der Waals surface area (Å²) in [5.74, 6) is -1.94. The zero-order valence-electron chi connectivity index (χ0n) is 8.14. The van der Waals surface area contributed by atoms with Gasteiger partial charge in [0.2, 0.25) is 5.91 Å². The first kappa shape index (κ1) is 12.5. The van der Waals surface area contributed by atoms with Crippen molar-refractivity contribution < 1.29 is 22.4 Å². The van der Waals surface area contributed by atoms with Crippen LogP contribution in [0, 0.1) is 5.82 Å². The molecule has 0 unspecified atom stereocenters. The van der Waals surface area contributed by atoms with Crippen LogP contribution in [0.5, 0.6) is 0 Å². The molecule has 0 atom stereocenters. The van der Waals surface area contributed by atoms with Crippen LogP contribution in [-0.4, -0.2) is 5.91 Å². The number of carbonyl (C=O) groups is 1. The van der Waals surface area contributed by atoms with Crippen molar-refractivity contribution in [2.45, 2.75) is 19.0 Å². The molecule has 0 aliphatic carbocycles. The highest BCUT2D eigenvalue weighted by Crippen LogP contribution is 2.32. The van der Waals surface area contributed by atoms with Gasteiger partial charge in [-0.05, 0) is 24.1 Å². The Labute approximate surface area is 89.1 Å². The Hall–Kier alpha value is -1.59. The molecule has 1 aromatic carbocycles. The van der Waals surface area contributed by atoms with Crippen molar-refractivity contribution >= 4 is 5.91 Å². The van der Waals surface area contributed by atoms with E-state index in [0.29, 0.717) is 6.07 Å². The summed E-state index contributed by atoms with van der Waals surface area (Å²) >= 11 is 0. The summed E-state index contributed by atoms with van der Waals surface area (Å²) < 4.78 is 49.7. The number of halogens is 4. The van der Waals surface area contributed by atoms with E-state index in [2.05, 4.69) is 0 Å². The van der Waals surface area contributed by atoms with Crippen molar-refractivity contribution in [3.05, 3.63) is 35.1 Å². The molecule has 0 aromatic heterocycles. The Morgan fingerprint density at radius 1 is 1.31 bits per heavy atom. The zero-order chi connectivity index (χ0) is 12.3. The van der Waals surface area contributed by atoms with Crippen molar-refractivity contribution in [1.82, 2.24) is 0 Å². The number of benzene rings is 1. The average molecular weight is 235 g/mol. The fraction of sp³-hybridized carbons (Fsp3) is 0.300. The molecule has 16 heavy (non-hydrogen) atoms. The van der Waals surface area contributed by atoms with Gasteiger partial charge in [0.05, 0.1) is 5.56 Å². The van der Waals surface area contributed by atoms with Crippen molar-refractivity contribution in [1.29, 1.82) is 0 Å². The van der Waals surface area contributed by atoms with E-state index in [1.807, 2.05) is 0 Å². The van der Waals surface area contributed by atoms with Gasteiger partial charge in [0, 0.05) is 6.42 Å². The molecule has 0 aliphatic heterocycles. The van der Waals surface area contributed by atoms with Crippen LogP contribution >= 0.6 is 0 Å². The van der Waals surface area contributed by atoms with Gasteiger partial charge in [-0.2, -0.15) is 13.2 Å². The lowest BCUT2D eigenvalue weighted by Crippen LogP contribution is -2.12. The maximum atomic E-state index is 12.9. The fourth-order valence-corrected chi connectivity index (χ4v) is 1.21. The number of rotatable bonds is 3. The molecular formula is C10H9F4NO. The fourth-order valence-electron chi connectivity index (χ4n) is 1.21. The van der Waals surface area contributed by atoms with E-state index in [1.165, 1.54) is 6.07 Å². The van der Waals surface area contributed by atoms with Crippen LogP contribution in [-0.2, 0) is 17.4 Å². The van der Waals surface area contributed by atoms with Gasteiger partial charge in [-0.15, -0.1) is 0 Å². The molecular weight excluding hydrogens is 226 g/mol. The van der Waals surface area contributed by atoms with Crippen LogP contribution in [0.25, 0.3) is 0 Å². The molecule has 0 bridgehead atoms. The minimum atomic E-state index is -4.73. The predicted molar refractivity (Wildman–Crippen MR) is 48.9 cm³/mol. The van der Waals surface area contributed by atoms with Crippen molar-refractivity contribution in [2.75, 3.05) is 0 Å². The third-order valence-electron chi connectivity index (χ3n) is 2.00. The lowest BCUT2D eigenvalue weighted by Gasteiger charge is -2.09. The molecule has 0 heterocycles. The monoisotopic (exact) mass is 235 g/mol. The van der Waals surface area contributed by atoms with Gasteiger partial charge in [0.15, 0.2) is 0 Å². The first-order chi connectivity index (χ1) is 7.30. The number of alkyl halides is 3. The molecule has 88 valence electrons. The maximum absolute atomic E-state index is 12.9. The summed E-state index contributed by atoms with van der Waals surface area (Å²) in [6, 6.07) is 2.63.